The van der Waals surface area contributed by atoms with Gasteiger partial charge in [0, 0.05) is 9.79 Å². The Morgan fingerprint density at radius 1 is 1.19 bits per heavy atom. The summed E-state index contributed by atoms with van der Waals surface area (Å²) in [5.41, 5.74) is 2.30. The third kappa shape index (κ3) is 2.90. The number of aryl methyl sites for hydroxylation is 1. The van der Waals surface area contributed by atoms with Crippen molar-refractivity contribution in [2.24, 2.45) is 0 Å². The molecule has 3 rings (SSSR count). The van der Waals surface area contributed by atoms with E-state index in [1.165, 1.54) is 5.56 Å². The highest BCUT2D eigenvalue weighted by molar-refractivity contribution is 7.85. The van der Waals surface area contributed by atoms with Gasteiger partial charge in [0.1, 0.15) is 6.61 Å². The van der Waals surface area contributed by atoms with Gasteiger partial charge in [-0.3, -0.25) is 0 Å². The largest absolute Gasteiger partial charge is 0.359 e. The molecule has 0 saturated heterocycles. The lowest BCUT2D eigenvalue weighted by Crippen LogP contribution is -2.01. The van der Waals surface area contributed by atoms with Gasteiger partial charge in [-0.25, -0.2) is 4.21 Å². The monoisotopic (exact) mass is 297 g/mol. The van der Waals surface area contributed by atoms with Gasteiger partial charge in [-0.2, -0.15) is 5.26 Å². The van der Waals surface area contributed by atoms with E-state index in [1.54, 1.807) is 0 Å². The van der Waals surface area contributed by atoms with E-state index < -0.39 is 10.8 Å². The second-order valence-corrected chi connectivity index (χ2v) is 6.42. The first-order valence-corrected chi connectivity index (χ1v) is 8.03. The van der Waals surface area contributed by atoms with Crippen LogP contribution in [0.25, 0.3) is 0 Å². The van der Waals surface area contributed by atoms with Crippen molar-refractivity contribution >= 4 is 10.8 Å². The van der Waals surface area contributed by atoms with Gasteiger partial charge in [0.05, 0.1) is 23.0 Å². The van der Waals surface area contributed by atoms with Gasteiger partial charge >= 0.3 is 0 Å². The van der Waals surface area contributed by atoms with Crippen molar-refractivity contribution in [1.29, 1.82) is 5.26 Å². The maximum Gasteiger partial charge on any atom is 0.134 e. The van der Waals surface area contributed by atoms with E-state index in [9.17, 15) is 4.21 Å². The Kier molecular flexibility index (Phi) is 4.14. The van der Waals surface area contributed by atoms with Gasteiger partial charge in [-0.1, -0.05) is 24.3 Å². The fourth-order valence-electron chi connectivity index (χ4n) is 2.66. The molecule has 0 fully saturated rings. The predicted molar refractivity (Wildman–Crippen MR) is 80.2 cm³/mol. The van der Waals surface area contributed by atoms with Crippen LogP contribution in [-0.4, -0.2) is 10.8 Å². The van der Waals surface area contributed by atoms with Crippen LogP contribution in [0.15, 0.2) is 58.3 Å². The average Bonchev–Trinajstić information content (AvgIpc) is 2.95. The molecule has 2 aromatic rings. The normalized spacial score (nSPS) is 18.0. The van der Waals surface area contributed by atoms with Gasteiger partial charge in [0.2, 0.25) is 0 Å². The highest BCUT2D eigenvalue weighted by Crippen LogP contribution is 2.35. The third-order valence-electron chi connectivity index (χ3n) is 3.66. The minimum atomic E-state index is -1.15. The van der Waals surface area contributed by atoms with Crippen molar-refractivity contribution in [2.75, 3.05) is 6.61 Å². The minimum absolute atomic E-state index is 0.00105. The second kappa shape index (κ2) is 6.21. The molecule has 0 N–H and O–H groups in total. The molecular formula is C17H15NO2S. The first-order chi connectivity index (χ1) is 10.3. The van der Waals surface area contributed by atoms with E-state index in [1.807, 2.05) is 54.6 Å². The highest BCUT2D eigenvalue weighted by atomic mass is 32.2. The van der Waals surface area contributed by atoms with Crippen molar-refractivity contribution < 1.29 is 8.95 Å². The molecule has 0 radical (unpaired) electrons. The zero-order valence-corrected chi connectivity index (χ0v) is 12.3. The van der Waals surface area contributed by atoms with Gasteiger partial charge in [0.15, 0.2) is 0 Å². The molecule has 0 spiro atoms. The summed E-state index contributed by atoms with van der Waals surface area (Å²) in [6.07, 6.45) is 1.79. The smallest absolute Gasteiger partial charge is 0.134 e. The molecule has 0 amide bonds. The molecule has 0 aliphatic heterocycles. The summed E-state index contributed by atoms with van der Waals surface area (Å²) in [6.45, 7) is 0.113. The van der Waals surface area contributed by atoms with E-state index in [0.29, 0.717) is 0 Å². The lowest BCUT2D eigenvalue weighted by molar-refractivity contribution is 0.0786. The zero-order chi connectivity index (χ0) is 14.7. The van der Waals surface area contributed by atoms with E-state index in [-0.39, 0.29) is 12.7 Å². The average molecular weight is 297 g/mol. The number of rotatable bonds is 4. The van der Waals surface area contributed by atoms with E-state index in [0.717, 1.165) is 28.2 Å². The van der Waals surface area contributed by atoms with Crippen LogP contribution in [0.4, 0.5) is 0 Å². The summed E-state index contributed by atoms with van der Waals surface area (Å²) in [4.78, 5) is 1.63. The van der Waals surface area contributed by atoms with Crippen LogP contribution in [0.2, 0.25) is 0 Å². The lowest BCUT2D eigenvalue weighted by Gasteiger charge is -2.11. The van der Waals surface area contributed by atoms with E-state index in [2.05, 4.69) is 0 Å². The summed E-state index contributed by atoms with van der Waals surface area (Å²) in [5, 5.41) is 8.60. The molecule has 106 valence electrons. The number of hydrogen-bond donors (Lipinski definition) is 0. The molecule has 0 saturated carbocycles. The van der Waals surface area contributed by atoms with Crippen molar-refractivity contribution in [3.63, 3.8) is 0 Å². The van der Waals surface area contributed by atoms with Crippen LogP contribution in [0.3, 0.4) is 0 Å². The van der Waals surface area contributed by atoms with Crippen molar-refractivity contribution in [3.8, 4) is 6.07 Å². The number of fused-ring (bicyclic) bond motifs is 1. The van der Waals surface area contributed by atoms with Crippen LogP contribution in [0, 0.1) is 11.3 Å². The highest BCUT2D eigenvalue weighted by Gasteiger charge is 2.24. The molecule has 1 aliphatic carbocycles. The first-order valence-electron chi connectivity index (χ1n) is 6.88. The summed E-state index contributed by atoms with van der Waals surface area (Å²) in [6, 6.07) is 17.4. The Morgan fingerprint density at radius 2 is 2.00 bits per heavy atom. The maximum atomic E-state index is 12.5. The van der Waals surface area contributed by atoms with Gasteiger partial charge in [0.25, 0.3) is 0 Å². The molecule has 21 heavy (non-hydrogen) atoms. The van der Waals surface area contributed by atoms with Crippen molar-refractivity contribution in [2.45, 2.75) is 28.7 Å². The molecule has 3 nitrogen and oxygen atoms in total. The Morgan fingerprint density at radius 3 is 2.76 bits per heavy atom. The minimum Gasteiger partial charge on any atom is -0.359 e. The first kappa shape index (κ1) is 14.0. The molecule has 2 atom stereocenters. The molecule has 0 bridgehead atoms. The Bertz CT molecular complexity index is 706. The van der Waals surface area contributed by atoms with Crippen LogP contribution in [0.1, 0.15) is 23.7 Å². The molecule has 2 unspecified atom stereocenters. The van der Waals surface area contributed by atoms with Crippen molar-refractivity contribution in [3.05, 3.63) is 59.7 Å². The molecule has 4 heteroatoms. The number of ether oxygens (including phenoxy) is 1. The van der Waals surface area contributed by atoms with Gasteiger partial charge < -0.3 is 4.74 Å². The van der Waals surface area contributed by atoms with Crippen LogP contribution >= 0.6 is 0 Å². The van der Waals surface area contributed by atoms with Crippen molar-refractivity contribution in [1.82, 2.24) is 0 Å². The number of benzene rings is 2. The number of nitrogens with zero attached hydrogens (tertiary/aromatic N) is 1. The Balaban J connectivity index is 1.85. The van der Waals surface area contributed by atoms with E-state index in [4.69, 9.17) is 10.00 Å². The Labute approximate surface area is 126 Å². The third-order valence-corrected chi connectivity index (χ3v) is 5.04. The molecular weight excluding hydrogens is 282 g/mol. The molecule has 0 heterocycles. The number of hydrogen-bond acceptors (Lipinski definition) is 3. The fourth-order valence-corrected chi connectivity index (χ4v) is 3.78. The second-order valence-electron chi connectivity index (χ2n) is 4.94. The van der Waals surface area contributed by atoms with Gasteiger partial charge in [-0.15, -0.1) is 0 Å². The van der Waals surface area contributed by atoms with Crippen LogP contribution in [0.5, 0.6) is 0 Å². The number of nitriles is 1. The topological polar surface area (TPSA) is 50.1 Å². The molecule has 2 aromatic carbocycles. The fraction of sp³-hybridized carbons (Fsp3) is 0.235. The maximum absolute atomic E-state index is 12.5. The van der Waals surface area contributed by atoms with E-state index >= 15 is 0 Å². The summed E-state index contributed by atoms with van der Waals surface area (Å²) >= 11 is 0. The summed E-state index contributed by atoms with van der Waals surface area (Å²) < 4.78 is 18.1. The molecule has 1 aliphatic rings. The van der Waals surface area contributed by atoms with Crippen LogP contribution < -0.4 is 0 Å². The summed E-state index contributed by atoms with van der Waals surface area (Å²) in [5.74, 6) is 0. The molecule has 0 aromatic heterocycles. The van der Waals surface area contributed by atoms with Crippen LogP contribution in [-0.2, 0) is 22.0 Å². The van der Waals surface area contributed by atoms with Gasteiger partial charge in [-0.05, 0) is 48.2 Å². The SMILES string of the molecule is N#CCOC1CCc2cc(S(=O)c3ccccc3)ccc21. The Hall–Kier alpha value is -1.96. The summed E-state index contributed by atoms with van der Waals surface area (Å²) in [7, 11) is -1.15. The quantitative estimate of drug-likeness (QED) is 0.869. The lowest BCUT2D eigenvalue weighted by atomic mass is 10.1. The predicted octanol–water partition coefficient (Wildman–Crippen LogP) is 3.38. The zero-order valence-electron chi connectivity index (χ0n) is 11.5. The standard InChI is InChI=1S/C17H15NO2S/c18-10-11-20-17-9-6-13-12-15(7-8-16(13)17)21(19)14-4-2-1-3-5-14/h1-5,7-8,12,17H,6,9,11H2.